The Morgan fingerprint density at radius 2 is 2.29 bits per heavy atom. The van der Waals surface area contributed by atoms with Crippen molar-refractivity contribution in [1.29, 1.82) is 0 Å². The standard InChI is InChI=1S/C12H13N5O4/c18-11-9(3-1-4-10(11)17(20)21)12(19)13-5-2-7-16-8-6-14-15-16/h1,3-4,6,8,18H,2,5,7H2,(H,13,19). The zero-order valence-corrected chi connectivity index (χ0v) is 11.0. The average Bonchev–Trinajstić information content (AvgIpc) is 2.96. The van der Waals surface area contributed by atoms with Crippen LogP contribution in [0.5, 0.6) is 5.75 Å². The Morgan fingerprint density at radius 1 is 1.48 bits per heavy atom. The Morgan fingerprint density at radius 3 is 2.95 bits per heavy atom. The van der Waals surface area contributed by atoms with Crippen molar-refractivity contribution in [2.45, 2.75) is 13.0 Å². The largest absolute Gasteiger partial charge is 0.502 e. The van der Waals surface area contributed by atoms with E-state index in [4.69, 9.17) is 0 Å². The molecule has 2 aromatic rings. The van der Waals surface area contributed by atoms with E-state index in [-0.39, 0.29) is 5.56 Å². The lowest BCUT2D eigenvalue weighted by Crippen LogP contribution is -2.25. The first-order valence-corrected chi connectivity index (χ1v) is 6.18. The van der Waals surface area contributed by atoms with Crippen molar-refractivity contribution in [2.75, 3.05) is 6.54 Å². The Kier molecular flexibility index (Phi) is 4.44. The van der Waals surface area contributed by atoms with Crippen LogP contribution in [0.2, 0.25) is 0 Å². The van der Waals surface area contributed by atoms with Crippen LogP contribution in [0.4, 0.5) is 5.69 Å². The number of aromatic hydroxyl groups is 1. The van der Waals surface area contributed by atoms with Crippen molar-refractivity contribution in [3.05, 3.63) is 46.3 Å². The quantitative estimate of drug-likeness (QED) is 0.459. The molecule has 0 unspecified atom stereocenters. The summed E-state index contributed by atoms with van der Waals surface area (Å²) >= 11 is 0. The van der Waals surface area contributed by atoms with Crippen molar-refractivity contribution < 1.29 is 14.8 Å². The van der Waals surface area contributed by atoms with Crippen molar-refractivity contribution in [3.63, 3.8) is 0 Å². The molecule has 0 spiro atoms. The van der Waals surface area contributed by atoms with Gasteiger partial charge in [0.2, 0.25) is 5.75 Å². The van der Waals surface area contributed by atoms with Crippen molar-refractivity contribution in [3.8, 4) is 5.75 Å². The van der Waals surface area contributed by atoms with E-state index in [9.17, 15) is 20.0 Å². The molecule has 0 fully saturated rings. The lowest BCUT2D eigenvalue weighted by molar-refractivity contribution is -0.385. The second-order valence-electron chi connectivity index (χ2n) is 4.21. The van der Waals surface area contributed by atoms with Gasteiger partial charge in [-0.3, -0.25) is 19.6 Å². The van der Waals surface area contributed by atoms with Crippen molar-refractivity contribution >= 4 is 11.6 Å². The van der Waals surface area contributed by atoms with Gasteiger partial charge in [-0.2, -0.15) is 0 Å². The lowest BCUT2D eigenvalue weighted by Gasteiger charge is -2.07. The summed E-state index contributed by atoms with van der Waals surface area (Å²) in [7, 11) is 0. The van der Waals surface area contributed by atoms with E-state index in [0.29, 0.717) is 19.5 Å². The van der Waals surface area contributed by atoms with Gasteiger partial charge < -0.3 is 10.4 Å². The van der Waals surface area contributed by atoms with Gasteiger partial charge in [-0.05, 0) is 12.5 Å². The Bertz CT molecular complexity index is 641. The fourth-order valence-electron chi connectivity index (χ4n) is 1.75. The van der Waals surface area contributed by atoms with Gasteiger partial charge in [0.25, 0.3) is 5.91 Å². The highest BCUT2D eigenvalue weighted by atomic mass is 16.6. The summed E-state index contributed by atoms with van der Waals surface area (Å²) in [4.78, 5) is 21.8. The highest BCUT2D eigenvalue weighted by Gasteiger charge is 2.20. The van der Waals surface area contributed by atoms with E-state index in [2.05, 4.69) is 15.6 Å². The van der Waals surface area contributed by atoms with E-state index < -0.39 is 22.3 Å². The zero-order chi connectivity index (χ0) is 15.2. The number of nitrogens with zero attached hydrogens (tertiary/aromatic N) is 4. The van der Waals surface area contributed by atoms with Gasteiger partial charge in [-0.25, -0.2) is 0 Å². The number of phenolic OH excluding ortho intramolecular Hbond substituents is 1. The smallest absolute Gasteiger partial charge is 0.311 e. The molecule has 2 N–H and O–H groups in total. The number of aromatic nitrogens is 3. The fourth-order valence-corrected chi connectivity index (χ4v) is 1.75. The Labute approximate surface area is 119 Å². The molecule has 0 saturated carbocycles. The summed E-state index contributed by atoms with van der Waals surface area (Å²) in [6.07, 6.45) is 3.87. The number of carbonyl (C=O) groups excluding carboxylic acids is 1. The van der Waals surface area contributed by atoms with Gasteiger partial charge in [0.05, 0.1) is 16.7 Å². The molecule has 0 aliphatic rings. The second kappa shape index (κ2) is 6.46. The molecule has 2 rings (SSSR count). The van der Waals surface area contributed by atoms with E-state index in [0.717, 1.165) is 6.07 Å². The number of amides is 1. The van der Waals surface area contributed by atoms with Crippen LogP contribution in [0.15, 0.2) is 30.6 Å². The number of benzene rings is 1. The van der Waals surface area contributed by atoms with Crippen LogP contribution < -0.4 is 5.32 Å². The maximum Gasteiger partial charge on any atom is 0.311 e. The van der Waals surface area contributed by atoms with Crippen LogP contribution in [-0.4, -0.2) is 37.5 Å². The number of carbonyl (C=O) groups is 1. The van der Waals surface area contributed by atoms with Gasteiger partial charge in [-0.15, -0.1) is 5.10 Å². The third kappa shape index (κ3) is 3.53. The van der Waals surface area contributed by atoms with E-state index >= 15 is 0 Å². The number of rotatable bonds is 6. The van der Waals surface area contributed by atoms with Crippen molar-refractivity contribution in [1.82, 2.24) is 20.3 Å². The molecule has 0 aliphatic carbocycles. The Hall–Kier alpha value is -2.97. The van der Waals surface area contributed by atoms with Gasteiger partial charge >= 0.3 is 5.69 Å². The first-order chi connectivity index (χ1) is 10.1. The highest BCUT2D eigenvalue weighted by molar-refractivity contribution is 5.98. The molecular weight excluding hydrogens is 278 g/mol. The van der Waals surface area contributed by atoms with Gasteiger partial charge in [0, 0.05) is 25.4 Å². The second-order valence-corrected chi connectivity index (χ2v) is 4.21. The van der Waals surface area contributed by atoms with E-state index in [1.54, 1.807) is 17.1 Å². The highest BCUT2D eigenvalue weighted by Crippen LogP contribution is 2.28. The third-order valence-corrected chi connectivity index (χ3v) is 2.78. The molecule has 0 atom stereocenters. The summed E-state index contributed by atoms with van der Waals surface area (Å²) in [5.41, 5.74) is -0.616. The normalized spacial score (nSPS) is 10.3. The number of aryl methyl sites for hydroxylation is 1. The molecule has 0 bridgehead atoms. The van der Waals surface area contributed by atoms with Crippen LogP contribution in [0, 0.1) is 10.1 Å². The lowest BCUT2D eigenvalue weighted by atomic mass is 10.1. The summed E-state index contributed by atoms with van der Waals surface area (Å²) in [5.74, 6) is -1.19. The van der Waals surface area contributed by atoms with Crippen LogP contribution in [-0.2, 0) is 6.54 Å². The molecule has 0 radical (unpaired) electrons. The minimum Gasteiger partial charge on any atom is -0.502 e. The van der Waals surface area contributed by atoms with Crippen LogP contribution in [0.25, 0.3) is 0 Å². The number of para-hydroxylation sites is 1. The number of phenols is 1. The molecular formula is C12H13N5O4. The molecule has 0 aliphatic heterocycles. The fraction of sp³-hybridized carbons (Fsp3) is 0.250. The number of nitrogens with one attached hydrogen (secondary N) is 1. The molecule has 1 heterocycles. The van der Waals surface area contributed by atoms with Gasteiger partial charge in [0.15, 0.2) is 0 Å². The summed E-state index contributed by atoms with van der Waals surface area (Å²) in [5, 5.41) is 30.4. The van der Waals surface area contributed by atoms with E-state index in [1.165, 1.54) is 12.1 Å². The minimum atomic E-state index is -0.739. The molecule has 1 aromatic heterocycles. The van der Waals surface area contributed by atoms with Gasteiger partial charge in [-0.1, -0.05) is 11.3 Å². The van der Waals surface area contributed by atoms with Crippen LogP contribution >= 0.6 is 0 Å². The Balaban J connectivity index is 1.91. The van der Waals surface area contributed by atoms with Crippen molar-refractivity contribution in [2.24, 2.45) is 0 Å². The molecule has 9 nitrogen and oxygen atoms in total. The number of hydrogen-bond donors (Lipinski definition) is 2. The molecule has 9 heteroatoms. The first-order valence-electron chi connectivity index (χ1n) is 6.18. The molecule has 0 saturated heterocycles. The molecule has 110 valence electrons. The monoisotopic (exact) mass is 291 g/mol. The molecule has 21 heavy (non-hydrogen) atoms. The summed E-state index contributed by atoms with van der Waals surface area (Å²) in [6.45, 7) is 0.933. The van der Waals surface area contributed by atoms with Gasteiger partial charge in [0.1, 0.15) is 0 Å². The average molecular weight is 291 g/mol. The summed E-state index contributed by atoms with van der Waals surface area (Å²) < 4.78 is 1.62. The first kappa shape index (κ1) is 14.4. The molecule has 1 amide bonds. The predicted octanol–water partition coefficient (Wildman–Crippen LogP) is 0.712. The zero-order valence-electron chi connectivity index (χ0n) is 11.0. The number of nitro benzene ring substituents is 1. The maximum atomic E-state index is 11.9. The van der Waals surface area contributed by atoms with Crippen LogP contribution in [0.1, 0.15) is 16.8 Å². The van der Waals surface area contributed by atoms with Crippen LogP contribution in [0.3, 0.4) is 0 Å². The topological polar surface area (TPSA) is 123 Å². The van der Waals surface area contributed by atoms with E-state index in [1.807, 2.05) is 0 Å². The third-order valence-electron chi connectivity index (χ3n) is 2.78. The maximum absolute atomic E-state index is 11.9. The number of hydrogen-bond acceptors (Lipinski definition) is 6. The minimum absolute atomic E-state index is 0.120. The summed E-state index contributed by atoms with van der Waals surface area (Å²) in [6, 6.07) is 3.81. The SMILES string of the molecule is O=C(NCCCn1ccnn1)c1cccc([N+](=O)[O-])c1O. The predicted molar refractivity (Wildman–Crippen MR) is 71.7 cm³/mol. The number of nitro groups is 1. The molecule has 1 aromatic carbocycles.